The Hall–Kier alpha value is 0.340. The molecule has 0 aromatic rings. The first-order valence-electron chi connectivity index (χ1n) is 3.87. The molecule has 0 heterocycles. The molecule has 14 heavy (non-hydrogen) atoms. The van der Waals surface area contributed by atoms with E-state index in [4.69, 9.17) is 11.5 Å². The fourth-order valence-electron chi connectivity index (χ4n) is 0.333. The van der Waals surface area contributed by atoms with Gasteiger partial charge >= 0.3 is 0 Å². The van der Waals surface area contributed by atoms with Crippen LogP contribution in [0.1, 0.15) is 12.8 Å². The van der Waals surface area contributed by atoms with E-state index >= 15 is 0 Å². The van der Waals surface area contributed by atoms with Gasteiger partial charge in [-0.15, -0.1) is 24.8 Å². The van der Waals surface area contributed by atoms with E-state index in [-0.39, 0.29) is 24.8 Å². The zero-order valence-corrected chi connectivity index (χ0v) is 9.82. The Morgan fingerprint density at radius 1 is 0.714 bits per heavy atom. The van der Waals surface area contributed by atoms with Crippen molar-refractivity contribution in [3.63, 3.8) is 0 Å². The van der Waals surface area contributed by atoms with Gasteiger partial charge in [0.15, 0.2) is 0 Å². The Labute approximate surface area is 97.4 Å². The summed E-state index contributed by atoms with van der Waals surface area (Å²) in [4.78, 5) is 8.40. The van der Waals surface area contributed by atoms with Crippen molar-refractivity contribution >= 4 is 24.8 Å². The minimum absolute atomic E-state index is 0. The topological polar surface area (TPSA) is 123 Å². The van der Waals surface area contributed by atoms with Crippen LogP contribution in [0, 0.1) is 0 Å². The molecule has 0 radical (unpaired) electrons. The SMILES string of the molecule is Cl.Cl.NCCCON.NCCCON. The Morgan fingerprint density at radius 2 is 1.00 bits per heavy atom. The molecule has 0 aromatic carbocycles. The predicted molar refractivity (Wildman–Crippen MR) is 62.1 cm³/mol. The molecule has 0 atom stereocenters. The summed E-state index contributed by atoms with van der Waals surface area (Å²) in [5.74, 6) is 9.32. The lowest BCUT2D eigenvalue weighted by Gasteiger charge is -1.89. The van der Waals surface area contributed by atoms with Gasteiger partial charge in [0.05, 0.1) is 13.2 Å². The molecule has 0 aromatic heterocycles. The van der Waals surface area contributed by atoms with Crippen LogP contribution in [0.25, 0.3) is 0 Å². The average molecular weight is 253 g/mol. The van der Waals surface area contributed by atoms with Crippen LogP contribution in [-0.4, -0.2) is 26.3 Å². The normalized spacial score (nSPS) is 7.71. The number of rotatable bonds is 6. The van der Waals surface area contributed by atoms with Gasteiger partial charge in [-0.3, -0.25) is 0 Å². The van der Waals surface area contributed by atoms with Crippen molar-refractivity contribution in [1.82, 2.24) is 0 Å². The first-order valence-corrected chi connectivity index (χ1v) is 3.87. The van der Waals surface area contributed by atoms with Crippen LogP contribution in [0.2, 0.25) is 0 Å². The van der Waals surface area contributed by atoms with Crippen molar-refractivity contribution in [3.8, 4) is 0 Å². The first kappa shape index (κ1) is 23.9. The molecule has 8 N–H and O–H groups in total. The van der Waals surface area contributed by atoms with E-state index in [1.54, 1.807) is 0 Å². The lowest BCUT2D eigenvalue weighted by molar-refractivity contribution is 0.137. The fraction of sp³-hybridized carbons (Fsp3) is 1.00. The van der Waals surface area contributed by atoms with Crippen LogP contribution in [0.5, 0.6) is 0 Å². The standard InChI is InChI=1S/2C3H10N2O.2ClH/c2*4-2-1-3-6-5;;/h2*1-5H2;2*1H. The third kappa shape index (κ3) is 39.5. The van der Waals surface area contributed by atoms with Crippen molar-refractivity contribution in [2.75, 3.05) is 26.3 Å². The highest BCUT2D eigenvalue weighted by Crippen LogP contribution is 1.68. The maximum absolute atomic E-state index is 5.08. The number of hydrogen-bond acceptors (Lipinski definition) is 6. The smallest absolute Gasteiger partial charge is 0.0691 e. The van der Waals surface area contributed by atoms with Crippen molar-refractivity contribution in [2.45, 2.75) is 12.8 Å². The van der Waals surface area contributed by atoms with Gasteiger partial charge in [-0.2, -0.15) is 0 Å². The third-order valence-electron chi connectivity index (χ3n) is 0.933. The van der Waals surface area contributed by atoms with E-state index in [0.29, 0.717) is 26.3 Å². The summed E-state index contributed by atoms with van der Waals surface area (Å²) >= 11 is 0. The molecule has 0 saturated carbocycles. The molecule has 0 unspecified atom stereocenters. The van der Waals surface area contributed by atoms with Gasteiger partial charge in [-0.25, -0.2) is 11.8 Å². The van der Waals surface area contributed by atoms with Crippen molar-refractivity contribution in [1.29, 1.82) is 0 Å². The second-order valence-corrected chi connectivity index (χ2v) is 2.03. The van der Waals surface area contributed by atoms with Crippen molar-refractivity contribution in [3.05, 3.63) is 0 Å². The van der Waals surface area contributed by atoms with Crippen molar-refractivity contribution in [2.24, 2.45) is 23.3 Å². The van der Waals surface area contributed by atoms with Gasteiger partial charge < -0.3 is 21.1 Å². The van der Waals surface area contributed by atoms with E-state index < -0.39 is 0 Å². The summed E-state index contributed by atoms with van der Waals surface area (Å²) in [5.41, 5.74) is 10.2. The Balaban J connectivity index is -0.0000000625. The van der Waals surface area contributed by atoms with Gasteiger partial charge in [0.2, 0.25) is 0 Å². The molecule has 6 nitrogen and oxygen atoms in total. The van der Waals surface area contributed by atoms with Crippen LogP contribution in [0.4, 0.5) is 0 Å². The Morgan fingerprint density at radius 3 is 1.07 bits per heavy atom. The Bertz CT molecular complexity index is 57.8. The average Bonchev–Trinajstić information content (AvgIpc) is 2.12. The number of halogens is 2. The summed E-state index contributed by atoms with van der Waals surface area (Å²) in [5, 5.41) is 0. The summed E-state index contributed by atoms with van der Waals surface area (Å²) in [6, 6.07) is 0. The molecule has 0 rings (SSSR count). The number of hydrogen-bond donors (Lipinski definition) is 4. The summed E-state index contributed by atoms with van der Waals surface area (Å²) in [7, 11) is 0. The highest BCUT2D eigenvalue weighted by atomic mass is 35.5. The zero-order valence-electron chi connectivity index (χ0n) is 8.19. The Kier molecular flexibility index (Phi) is 49.8. The minimum atomic E-state index is 0. The van der Waals surface area contributed by atoms with Gasteiger partial charge in [-0.05, 0) is 25.9 Å². The predicted octanol–water partition coefficient (Wildman–Crippen LogP) is -0.705. The van der Waals surface area contributed by atoms with Crippen molar-refractivity contribution < 1.29 is 9.68 Å². The van der Waals surface area contributed by atoms with Crippen LogP contribution in [0.15, 0.2) is 0 Å². The molecule has 0 aliphatic carbocycles. The first-order chi connectivity index (χ1) is 5.83. The molecular formula is C6H22Cl2N4O2. The molecule has 92 valence electrons. The maximum Gasteiger partial charge on any atom is 0.0691 e. The second-order valence-electron chi connectivity index (χ2n) is 2.03. The van der Waals surface area contributed by atoms with E-state index in [1.165, 1.54) is 0 Å². The molecule has 0 saturated heterocycles. The quantitative estimate of drug-likeness (QED) is 0.366. The van der Waals surface area contributed by atoms with Crippen LogP contribution in [-0.2, 0) is 9.68 Å². The summed E-state index contributed by atoms with van der Waals surface area (Å²) < 4.78 is 0. The molecular weight excluding hydrogens is 231 g/mol. The van der Waals surface area contributed by atoms with Gasteiger partial charge in [-0.1, -0.05) is 0 Å². The van der Waals surface area contributed by atoms with Crippen LogP contribution >= 0.6 is 24.8 Å². The van der Waals surface area contributed by atoms with E-state index in [9.17, 15) is 0 Å². The summed E-state index contributed by atoms with van der Waals surface area (Å²) in [6.45, 7) is 2.43. The molecule has 0 fully saturated rings. The monoisotopic (exact) mass is 252 g/mol. The molecule has 0 amide bonds. The van der Waals surface area contributed by atoms with Crippen LogP contribution in [0.3, 0.4) is 0 Å². The molecule has 0 bridgehead atoms. The largest absolute Gasteiger partial charge is 0.330 e. The maximum atomic E-state index is 5.08. The lowest BCUT2D eigenvalue weighted by atomic mass is 10.5. The van der Waals surface area contributed by atoms with Gasteiger partial charge in [0.1, 0.15) is 0 Å². The van der Waals surface area contributed by atoms with E-state index in [2.05, 4.69) is 21.5 Å². The molecule has 0 aliphatic rings. The summed E-state index contributed by atoms with van der Waals surface area (Å²) in [6.07, 6.45) is 1.69. The fourth-order valence-corrected chi connectivity index (χ4v) is 0.333. The number of nitrogens with two attached hydrogens (primary N) is 4. The highest BCUT2D eigenvalue weighted by Gasteiger charge is 1.75. The highest BCUT2D eigenvalue weighted by molar-refractivity contribution is 5.85. The van der Waals surface area contributed by atoms with Gasteiger partial charge in [0.25, 0.3) is 0 Å². The van der Waals surface area contributed by atoms with E-state index in [0.717, 1.165) is 12.8 Å². The molecule has 8 heteroatoms. The second kappa shape index (κ2) is 29.2. The van der Waals surface area contributed by atoms with Gasteiger partial charge in [0, 0.05) is 0 Å². The van der Waals surface area contributed by atoms with Crippen LogP contribution < -0.4 is 23.3 Å². The lowest BCUT2D eigenvalue weighted by Crippen LogP contribution is -2.07. The molecule has 0 spiro atoms. The zero-order chi connectivity index (χ0) is 9.66. The minimum Gasteiger partial charge on any atom is -0.330 e. The molecule has 0 aliphatic heterocycles. The third-order valence-corrected chi connectivity index (χ3v) is 0.933. The van der Waals surface area contributed by atoms with E-state index in [1.807, 2.05) is 0 Å².